The second-order valence-electron chi connectivity index (χ2n) is 8.14. The van der Waals surface area contributed by atoms with E-state index in [1.807, 2.05) is 6.92 Å². The molecule has 35 heavy (non-hydrogen) atoms. The molecule has 0 bridgehead atoms. The molecule has 2 aliphatic rings. The van der Waals surface area contributed by atoms with Crippen molar-refractivity contribution < 1.29 is 32.2 Å². The zero-order chi connectivity index (χ0) is 25.2. The van der Waals surface area contributed by atoms with E-state index in [0.29, 0.717) is 23.3 Å². The Balaban J connectivity index is 1.85. The zero-order valence-electron chi connectivity index (χ0n) is 18.7. The first kappa shape index (κ1) is 25.8. The molecular formula is C24H22F3IN2O4S. The number of nitrogens with zero attached hydrogens (tertiary/aromatic N) is 1. The highest BCUT2D eigenvalue weighted by molar-refractivity contribution is 14.1. The van der Waals surface area contributed by atoms with Crippen molar-refractivity contribution in [1.82, 2.24) is 10.3 Å². The Morgan fingerprint density at radius 2 is 1.97 bits per heavy atom. The second-order valence-corrected chi connectivity index (χ2v) is 10.5. The van der Waals surface area contributed by atoms with Crippen LogP contribution >= 0.6 is 34.4 Å². The number of aromatic nitrogens is 1. The van der Waals surface area contributed by atoms with Crippen molar-refractivity contribution in [3.63, 3.8) is 0 Å². The van der Waals surface area contributed by atoms with Crippen LogP contribution in [0.3, 0.4) is 0 Å². The van der Waals surface area contributed by atoms with E-state index < -0.39 is 22.9 Å². The van der Waals surface area contributed by atoms with Crippen LogP contribution in [0.25, 0.3) is 17.0 Å². The fourth-order valence-electron chi connectivity index (χ4n) is 3.84. The number of ether oxygens (including phenoxy) is 2. The van der Waals surface area contributed by atoms with Gasteiger partial charge in [0, 0.05) is 17.3 Å². The minimum atomic E-state index is -4.52. The monoisotopic (exact) mass is 618 g/mol. The molecule has 1 aromatic heterocycles. The maximum atomic E-state index is 13.3. The molecule has 2 aromatic rings. The molecule has 1 atom stereocenters. The first-order valence-electron chi connectivity index (χ1n) is 11.1. The van der Waals surface area contributed by atoms with Gasteiger partial charge in [0.25, 0.3) is 11.1 Å². The van der Waals surface area contributed by atoms with Gasteiger partial charge in [0.05, 0.1) is 17.4 Å². The molecule has 6 nitrogen and oxygen atoms in total. The largest absolute Gasteiger partial charge is 0.490 e. The maximum absolute atomic E-state index is 13.3. The number of halogens is 4. The van der Waals surface area contributed by atoms with Crippen molar-refractivity contribution in [3.05, 3.63) is 52.6 Å². The molecule has 2 fully saturated rings. The molecule has 1 aliphatic carbocycles. The summed E-state index contributed by atoms with van der Waals surface area (Å²) in [6.45, 7) is 1.91. The van der Waals surface area contributed by atoms with Gasteiger partial charge in [0.15, 0.2) is 0 Å². The summed E-state index contributed by atoms with van der Waals surface area (Å²) in [5.41, 5.74) is 0.0655. The molecule has 0 radical (unpaired) electrons. The summed E-state index contributed by atoms with van der Waals surface area (Å²) in [7, 11) is 0. The Bertz CT molecular complexity index is 1170. The lowest BCUT2D eigenvalue weighted by atomic mass is 10.0. The van der Waals surface area contributed by atoms with Crippen LogP contribution in [0.1, 0.15) is 50.2 Å². The molecule has 1 unspecified atom stereocenters. The van der Waals surface area contributed by atoms with Gasteiger partial charge in [-0.25, -0.2) is 0 Å². The van der Waals surface area contributed by atoms with E-state index in [0.717, 1.165) is 55.8 Å². The predicted molar refractivity (Wildman–Crippen MR) is 135 cm³/mol. The fourth-order valence-corrected chi connectivity index (χ4v) is 4.82. The normalized spacial score (nSPS) is 19.0. The number of amides is 2. The van der Waals surface area contributed by atoms with E-state index in [1.165, 1.54) is 0 Å². The van der Waals surface area contributed by atoms with E-state index in [-0.39, 0.29) is 26.6 Å². The van der Waals surface area contributed by atoms with E-state index in [1.54, 1.807) is 18.2 Å². The van der Waals surface area contributed by atoms with Gasteiger partial charge in [0.2, 0.25) is 0 Å². The minimum Gasteiger partial charge on any atom is -0.490 e. The third kappa shape index (κ3) is 6.29. The van der Waals surface area contributed by atoms with Crippen molar-refractivity contribution in [2.24, 2.45) is 0 Å². The summed E-state index contributed by atoms with van der Waals surface area (Å²) < 4.78 is 52.0. The number of pyridine rings is 1. The number of alkyl halides is 4. The number of carbonyl (C=O) groups is 2. The summed E-state index contributed by atoms with van der Waals surface area (Å²) in [6.07, 6.45) is 1.03. The number of thioether (sulfide) groups is 1. The molecule has 4 rings (SSSR count). The van der Waals surface area contributed by atoms with Gasteiger partial charge in [0.1, 0.15) is 20.5 Å². The first-order valence-corrected chi connectivity index (χ1v) is 13.1. The number of carbonyl (C=O) groups excluding carboxylic acids is 2. The number of nitrogens with one attached hydrogen (secondary N) is 1. The molecule has 2 amide bonds. The van der Waals surface area contributed by atoms with Crippen LogP contribution in [0.5, 0.6) is 5.75 Å². The van der Waals surface area contributed by atoms with Crippen LogP contribution in [0.4, 0.5) is 18.0 Å². The van der Waals surface area contributed by atoms with Gasteiger partial charge in [-0.2, -0.15) is 13.2 Å². The number of rotatable bonds is 7. The van der Waals surface area contributed by atoms with Crippen molar-refractivity contribution in [1.29, 1.82) is 0 Å². The standard InChI is InChI=1S/C24H22F3IN2O4S/c1-2-19(28)34-20(21-22(31)30-23(32)35-21)14-9-13(10-17(11-14)33-16-5-3-4-6-16)18-12-15(7-8-29-18)24(25,26)27/h7-12,16,19H,2-6H2,1H3,(H,30,31,32)/b21-20+. The van der Waals surface area contributed by atoms with Crippen LogP contribution in [0.15, 0.2) is 41.4 Å². The lowest BCUT2D eigenvalue weighted by molar-refractivity contribution is -0.137. The molecule has 0 spiro atoms. The average Bonchev–Trinajstić information content (AvgIpc) is 3.45. The van der Waals surface area contributed by atoms with Crippen LogP contribution in [-0.4, -0.2) is 26.3 Å². The quantitative estimate of drug-likeness (QED) is 0.157. The molecule has 1 aliphatic heterocycles. The Labute approximate surface area is 218 Å². The molecule has 11 heteroatoms. The summed E-state index contributed by atoms with van der Waals surface area (Å²) in [4.78, 5) is 28.6. The number of benzene rings is 1. The predicted octanol–water partition coefficient (Wildman–Crippen LogP) is 6.93. The SMILES string of the molecule is CCC(I)O/C(=C1/SC(=O)NC1=O)c1cc(OC2CCCC2)cc(-c2cc(C(F)(F)F)ccn2)c1. The third-order valence-corrected chi connectivity index (χ3v) is 7.54. The molecule has 2 heterocycles. The smallest absolute Gasteiger partial charge is 0.416 e. The van der Waals surface area contributed by atoms with Crippen molar-refractivity contribution in [3.8, 4) is 17.0 Å². The van der Waals surface area contributed by atoms with Gasteiger partial charge < -0.3 is 9.47 Å². The van der Waals surface area contributed by atoms with E-state index in [2.05, 4.69) is 32.9 Å². The fraction of sp³-hybridized carbons (Fsp3) is 0.375. The van der Waals surface area contributed by atoms with Crippen LogP contribution in [0.2, 0.25) is 0 Å². The maximum Gasteiger partial charge on any atom is 0.416 e. The number of hydrogen-bond donors (Lipinski definition) is 1. The Morgan fingerprint density at radius 3 is 2.60 bits per heavy atom. The zero-order valence-corrected chi connectivity index (χ0v) is 21.6. The summed E-state index contributed by atoms with van der Waals surface area (Å²) in [5.74, 6) is 0.0156. The second kappa shape index (κ2) is 10.8. The van der Waals surface area contributed by atoms with Gasteiger partial charge in [-0.1, -0.05) is 6.92 Å². The van der Waals surface area contributed by atoms with Crippen LogP contribution in [-0.2, 0) is 15.7 Å². The van der Waals surface area contributed by atoms with E-state index in [4.69, 9.17) is 9.47 Å². The van der Waals surface area contributed by atoms with Crippen molar-refractivity contribution >= 4 is 51.3 Å². The first-order chi connectivity index (χ1) is 16.6. The van der Waals surface area contributed by atoms with Crippen molar-refractivity contribution in [2.45, 2.75) is 55.4 Å². The summed E-state index contributed by atoms with van der Waals surface area (Å²) in [5, 5.41) is 1.71. The molecular weight excluding hydrogens is 596 g/mol. The van der Waals surface area contributed by atoms with Crippen LogP contribution < -0.4 is 10.1 Å². The summed E-state index contributed by atoms with van der Waals surface area (Å²) >= 11 is 2.80. The lowest BCUT2D eigenvalue weighted by Crippen LogP contribution is -2.19. The molecule has 1 saturated heterocycles. The molecule has 1 saturated carbocycles. The summed E-state index contributed by atoms with van der Waals surface area (Å²) in [6, 6.07) is 6.81. The van der Waals surface area contributed by atoms with Gasteiger partial charge in [-0.05, 0) is 96.8 Å². The Kier molecular flexibility index (Phi) is 7.94. The van der Waals surface area contributed by atoms with Gasteiger partial charge >= 0.3 is 6.18 Å². The van der Waals surface area contributed by atoms with Gasteiger partial charge in [-0.3, -0.25) is 19.9 Å². The molecule has 1 N–H and O–H groups in total. The highest BCUT2D eigenvalue weighted by Gasteiger charge is 2.33. The molecule has 1 aromatic carbocycles. The van der Waals surface area contributed by atoms with Gasteiger partial charge in [-0.15, -0.1) is 0 Å². The Morgan fingerprint density at radius 1 is 1.23 bits per heavy atom. The average molecular weight is 618 g/mol. The highest BCUT2D eigenvalue weighted by Crippen LogP contribution is 2.39. The number of imide groups is 1. The van der Waals surface area contributed by atoms with Crippen molar-refractivity contribution in [2.75, 3.05) is 0 Å². The third-order valence-electron chi connectivity index (χ3n) is 5.55. The van der Waals surface area contributed by atoms with Crippen LogP contribution in [0, 0.1) is 0 Å². The minimum absolute atomic E-state index is 0.0108. The van der Waals surface area contributed by atoms with E-state index in [9.17, 15) is 22.8 Å². The highest BCUT2D eigenvalue weighted by atomic mass is 127. The molecule has 186 valence electrons. The van der Waals surface area contributed by atoms with E-state index >= 15 is 0 Å². The topological polar surface area (TPSA) is 77.5 Å². The lowest BCUT2D eigenvalue weighted by Gasteiger charge is -2.20. The Hall–Kier alpha value is -2.28. The number of hydrogen-bond acceptors (Lipinski definition) is 6.